The Labute approximate surface area is 179 Å². The average molecular weight is 419 g/mol. The zero-order valence-corrected chi connectivity index (χ0v) is 17.3. The molecule has 4 aliphatic rings. The summed E-state index contributed by atoms with van der Waals surface area (Å²) in [6.07, 6.45) is 7.09. The molecular formula is C23H25N5O3. The number of likely N-dealkylation sites (tertiary alicyclic amines) is 1. The van der Waals surface area contributed by atoms with Crippen LogP contribution in [0.3, 0.4) is 0 Å². The van der Waals surface area contributed by atoms with Crippen molar-refractivity contribution in [2.75, 3.05) is 13.1 Å². The van der Waals surface area contributed by atoms with E-state index in [0.29, 0.717) is 37.0 Å². The highest BCUT2D eigenvalue weighted by Gasteiger charge is 2.62. The lowest BCUT2D eigenvalue weighted by Gasteiger charge is -2.61. The smallest absolute Gasteiger partial charge is 0.264 e. The van der Waals surface area contributed by atoms with E-state index >= 15 is 0 Å². The van der Waals surface area contributed by atoms with E-state index in [1.807, 2.05) is 35.2 Å². The number of benzene rings is 1. The van der Waals surface area contributed by atoms with Crippen LogP contribution in [0.15, 0.2) is 47.7 Å². The summed E-state index contributed by atoms with van der Waals surface area (Å²) in [6, 6.07) is 9.55. The maximum Gasteiger partial charge on any atom is 0.264 e. The standard InChI is InChI=1S/C23H25N5O3/c29-20-18-13-25-28(17-4-2-1-3-5-17)19(18)24-15-27(20)14-23(31)6-8-26(9-7-23)21(30)22-10-16(11-22)12-22/h1-5,13,15-16,31H,6-12,14H2. The van der Waals surface area contributed by atoms with Crippen molar-refractivity contribution in [2.24, 2.45) is 11.3 Å². The number of piperidine rings is 1. The number of hydrogen-bond acceptors (Lipinski definition) is 5. The van der Waals surface area contributed by atoms with Crippen LogP contribution in [0, 0.1) is 11.3 Å². The fraction of sp³-hybridized carbons (Fsp3) is 0.478. The largest absolute Gasteiger partial charge is 0.388 e. The van der Waals surface area contributed by atoms with Crippen LogP contribution < -0.4 is 5.56 Å². The van der Waals surface area contributed by atoms with Gasteiger partial charge in [0.15, 0.2) is 5.65 Å². The predicted molar refractivity (Wildman–Crippen MR) is 114 cm³/mol. The molecular weight excluding hydrogens is 394 g/mol. The maximum absolute atomic E-state index is 13.0. The Hall–Kier alpha value is -3.00. The quantitative estimate of drug-likeness (QED) is 0.695. The topological polar surface area (TPSA) is 93.2 Å². The van der Waals surface area contributed by atoms with Crippen LogP contribution in [0.25, 0.3) is 16.7 Å². The van der Waals surface area contributed by atoms with Crippen LogP contribution in [0.2, 0.25) is 0 Å². The van der Waals surface area contributed by atoms with Gasteiger partial charge in [0.2, 0.25) is 5.91 Å². The lowest BCUT2D eigenvalue weighted by molar-refractivity contribution is -0.180. The monoisotopic (exact) mass is 419 g/mol. The third kappa shape index (κ3) is 2.85. The van der Waals surface area contributed by atoms with Crippen molar-refractivity contribution in [3.05, 3.63) is 53.2 Å². The predicted octanol–water partition coefficient (Wildman–Crippen LogP) is 1.74. The number of aliphatic hydroxyl groups is 1. The molecule has 1 saturated heterocycles. The van der Waals surface area contributed by atoms with E-state index in [9.17, 15) is 14.7 Å². The van der Waals surface area contributed by atoms with Gasteiger partial charge in [-0.05, 0) is 50.2 Å². The summed E-state index contributed by atoms with van der Waals surface area (Å²) >= 11 is 0. The second-order valence-electron chi connectivity index (χ2n) is 9.58. The number of rotatable bonds is 4. The molecule has 0 unspecified atom stereocenters. The van der Waals surface area contributed by atoms with Gasteiger partial charge in [0, 0.05) is 13.1 Å². The summed E-state index contributed by atoms with van der Waals surface area (Å²) in [6.45, 7) is 1.25. The lowest BCUT2D eigenvalue weighted by Crippen LogP contribution is -2.63. The van der Waals surface area contributed by atoms with Gasteiger partial charge in [-0.2, -0.15) is 5.10 Å². The summed E-state index contributed by atoms with van der Waals surface area (Å²) < 4.78 is 3.11. The van der Waals surface area contributed by atoms with Crippen LogP contribution in [0.5, 0.6) is 0 Å². The zero-order chi connectivity index (χ0) is 21.2. The fourth-order valence-electron chi connectivity index (χ4n) is 5.50. The Morgan fingerprint density at radius 2 is 1.84 bits per heavy atom. The van der Waals surface area contributed by atoms with Gasteiger partial charge in [-0.1, -0.05) is 18.2 Å². The molecule has 3 saturated carbocycles. The number of aromatic nitrogens is 4. The van der Waals surface area contributed by atoms with Crippen molar-refractivity contribution >= 4 is 16.9 Å². The molecule has 0 radical (unpaired) electrons. The molecule has 2 aromatic heterocycles. The first kappa shape index (κ1) is 18.7. The van der Waals surface area contributed by atoms with E-state index in [0.717, 1.165) is 30.9 Å². The molecule has 8 heteroatoms. The van der Waals surface area contributed by atoms with E-state index in [1.54, 1.807) is 4.68 Å². The number of para-hydroxylation sites is 1. The highest BCUT2D eigenvalue weighted by Crippen LogP contribution is 2.65. The minimum Gasteiger partial charge on any atom is -0.388 e. The molecule has 31 heavy (non-hydrogen) atoms. The number of hydrogen-bond donors (Lipinski definition) is 1. The summed E-state index contributed by atoms with van der Waals surface area (Å²) in [5.74, 6) is 1.04. The normalized spacial score (nSPS) is 26.4. The van der Waals surface area contributed by atoms with E-state index in [-0.39, 0.29) is 23.4 Å². The van der Waals surface area contributed by atoms with Crippen molar-refractivity contribution in [2.45, 2.75) is 44.2 Å². The summed E-state index contributed by atoms with van der Waals surface area (Å²) in [4.78, 5) is 32.2. The molecule has 4 fully saturated rings. The minimum atomic E-state index is -1.02. The second kappa shape index (κ2) is 6.50. The average Bonchev–Trinajstić information content (AvgIpc) is 3.14. The molecule has 3 aromatic rings. The van der Waals surface area contributed by atoms with Gasteiger partial charge < -0.3 is 10.0 Å². The van der Waals surface area contributed by atoms with Gasteiger partial charge in [0.1, 0.15) is 11.7 Å². The van der Waals surface area contributed by atoms with E-state index < -0.39 is 5.60 Å². The van der Waals surface area contributed by atoms with Crippen LogP contribution in [-0.4, -0.2) is 53.9 Å². The summed E-state index contributed by atoms with van der Waals surface area (Å²) in [7, 11) is 0. The Balaban J connectivity index is 1.20. The molecule has 0 spiro atoms. The van der Waals surface area contributed by atoms with E-state index in [4.69, 9.17) is 0 Å². The molecule has 1 aliphatic heterocycles. The minimum absolute atomic E-state index is 0.0784. The highest BCUT2D eigenvalue weighted by molar-refractivity contribution is 5.86. The second-order valence-corrected chi connectivity index (χ2v) is 9.58. The first-order valence-electron chi connectivity index (χ1n) is 11.0. The third-order valence-electron chi connectivity index (χ3n) is 7.49. The van der Waals surface area contributed by atoms with Crippen molar-refractivity contribution in [3.63, 3.8) is 0 Å². The molecule has 1 aromatic carbocycles. The van der Waals surface area contributed by atoms with Gasteiger partial charge in [-0.25, -0.2) is 9.67 Å². The molecule has 0 atom stereocenters. The van der Waals surface area contributed by atoms with Crippen LogP contribution in [-0.2, 0) is 11.3 Å². The van der Waals surface area contributed by atoms with Gasteiger partial charge in [0.25, 0.3) is 5.56 Å². The third-order valence-corrected chi connectivity index (χ3v) is 7.49. The first-order valence-corrected chi connectivity index (χ1v) is 11.0. The molecule has 160 valence electrons. The maximum atomic E-state index is 13.0. The van der Waals surface area contributed by atoms with Gasteiger partial charge in [-0.3, -0.25) is 14.2 Å². The number of carbonyl (C=O) groups excluding carboxylic acids is 1. The van der Waals surface area contributed by atoms with E-state index in [1.165, 1.54) is 17.1 Å². The Morgan fingerprint density at radius 1 is 1.13 bits per heavy atom. The van der Waals surface area contributed by atoms with Gasteiger partial charge in [0.05, 0.1) is 29.4 Å². The van der Waals surface area contributed by atoms with Crippen molar-refractivity contribution in [1.29, 1.82) is 0 Å². The Morgan fingerprint density at radius 3 is 2.48 bits per heavy atom. The number of carbonyl (C=O) groups is 1. The fourth-order valence-corrected chi connectivity index (χ4v) is 5.50. The summed E-state index contributed by atoms with van der Waals surface area (Å²) in [5, 5.41) is 15.9. The van der Waals surface area contributed by atoms with Crippen LogP contribution in [0.1, 0.15) is 32.1 Å². The van der Waals surface area contributed by atoms with Crippen molar-refractivity contribution in [3.8, 4) is 5.69 Å². The van der Waals surface area contributed by atoms with Crippen LogP contribution >= 0.6 is 0 Å². The summed E-state index contributed by atoms with van der Waals surface area (Å²) in [5.41, 5.74) is 0.0170. The Bertz CT molecular complexity index is 1210. The molecule has 1 N–H and O–H groups in total. The SMILES string of the molecule is O=C(N1CCC(O)(Cn2cnc3c(cnn3-c3ccccc3)c2=O)CC1)C12CC(C1)C2. The lowest BCUT2D eigenvalue weighted by atomic mass is 9.44. The highest BCUT2D eigenvalue weighted by atomic mass is 16.3. The van der Waals surface area contributed by atoms with Gasteiger partial charge >= 0.3 is 0 Å². The molecule has 8 nitrogen and oxygen atoms in total. The van der Waals surface area contributed by atoms with Crippen molar-refractivity contribution < 1.29 is 9.90 Å². The van der Waals surface area contributed by atoms with Gasteiger partial charge in [-0.15, -0.1) is 0 Å². The Kier molecular flexibility index (Phi) is 3.93. The molecule has 2 bridgehead atoms. The zero-order valence-electron chi connectivity index (χ0n) is 17.3. The number of amides is 1. The van der Waals surface area contributed by atoms with Crippen LogP contribution in [0.4, 0.5) is 0 Å². The molecule has 3 heterocycles. The molecule has 3 aliphatic carbocycles. The molecule has 7 rings (SSSR count). The number of fused-ring (bicyclic) bond motifs is 1. The van der Waals surface area contributed by atoms with Crippen molar-refractivity contribution in [1.82, 2.24) is 24.2 Å². The molecule has 1 amide bonds. The van der Waals surface area contributed by atoms with E-state index in [2.05, 4.69) is 10.1 Å². The first-order chi connectivity index (χ1) is 15.0. The number of nitrogens with zero attached hydrogens (tertiary/aromatic N) is 5.